The van der Waals surface area contributed by atoms with Crippen LogP contribution in [0.2, 0.25) is 0 Å². The van der Waals surface area contributed by atoms with Crippen molar-refractivity contribution in [3.8, 4) is 0 Å². The molecule has 1 aromatic rings. The van der Waals surface area contributed by atoms with Crippen molar-refractivity contribution in [2.75, 3.05) is 26.2 Å². The highest BCUT2D eigenvalue weighted by atomic mass is 32.2. The summed E-state index contributed by atoms with van der Waals surface area (Å²) in [6.07, 6.45) is 4.82. The Hall–Kier alpha value is -1.93. The zero-order chi connectivity index (χ0) is 21.0. The molecule has 0 spiro atoms. The lowest BCUT2D eigenvalue weighted by Crippen LogP contribution is -2.41. The van der Waals surface area contributed by atoms with E-state index in [9.17, 15) is 18.0 Å². The maximum atomic E-state index is 12.9. The lowest BCUT2D eigenvalue weighted by atomic mass is 10.0. The van der Waals surface area contributed by atoms with Crippen LogP contribution in [0.1, 0.15) is 56.3 Å². The highest BCUT2D eigenvalue weighted by Crippen LogP contribution is 2.25. The first kappa shape index (κ1) is 21.8. The molecule has 8 heteroatoms. The third-order valence-corrected chi connectivity index (χ3v) is 7.80. The van der Waals surface area contributed by atoms with Gasteiger partial charge in [0.25, 0.3) is 5.91 Å². The second-order valence-corrected chi connectivity index (χ2v) is 10.0. The Labute approximate surface area is 173 Å². The van der Waals surface area contributed by atoms with Crippen molar-refractivity contribution >= 4 is 21.9 Å². The van der Waals surface area contributed by atoms with Gasteiger partial charge in [0.2, 0.25) is 10.0 Å². The zero-order valence-electron chi connectivity index (χ0n) is 17.2. The van der Waals surface area contributed by atoms with Crippen LogP contribution in [0.5, 0.6) is 0 Å². The van der Waals surface area contributed by atoms with Gasteiger partial charge in [-0.2, -0.15) is 4.31 Å². The third-order valence-electron chi connectivity index (χ3n) is 5.78. The van der Waals surface area contributed by atoms with E-state index in [2.05, 4.69) is 6.92 Å². The van der Waals surface area contributed by atoms with Gasteiger partial charge in [0, 0.05) is 25.7 Å². The van der Waals surface area contributed by atoms with Gasteiger partial charge in [0.05, 0.1) is 10.5 Å². The molecule has 1 aromatic carbocycles. The largest absolute Gasteiger partial charge is 0.452 e. The summed E-state index contributed by atoms with van der Waals surface area (Å²) in [6.45, 7) is 5.63. The molecule has 2 atom stereocenters. The number of piperidine rings is 2. The molecule has 0 unspecified atom stereocenters. The highest BCUT2D eigenvalue weighted by molar-refractivity contribution is 7.89. The first-order valence-electron chi connectivity index (χ1n) is 10.4. The number of ether oxygens (including phenoxy) is 1. The van der Waals surface area contributed by atoms with Crippen molar-refractivity contribution in [3.05, 3.63) is 29.8 Å². The van der Waals surface area contributed by atoms with Crippen molar-refractivity contribution < 1.29 is 22.7 Å². The number of hydrogen-bond donors (Lipinski definition) is 0. The fraction of sp³-hybridized carbons (Fsp3) is 0.619. The Kier molecular flexibility index (Phi) is 6.95. The SMILES string of the molecule is C[C@@H]1CCCN(C(=O)COC(=O)c2ccc(S(=O)(=O)N3CCCC[C@@H]3C)cc2)C1. The first-order valence-corrected chi connectivity index (χ1v) is 11.8. The Balaban J connectivity index is 1.59. The average Bonchev–Trinajstić information content (AvgIpc) is 2.72. The summed E-state index contributed by atoms with van der Waals surface area (Å²) in [5, 5.41) is 0. The molecule has 7 nitrogen and oxygen atoms in total. The van der Waals surface area contributed by atoms with E-state index in [1.165, 1.54) is 28.6 Å². The molecule has 29 heavy (non-hydrogen) atoms. The standard InChI is InChI=1S/C21H30N2O5S/c1-16-6-5-12-22(14-16)20(24)15-28-21(25)18-8-10-19(11-9-18)29(26,27)23-13-4-3-7-17(23)2/h8-11,16-17H,3-7,12-15H2,1-2H3/t16-,17+/m1/s1. The van der Waals surface area contributed by atoms with Crippen molar-refractivity contribution in [1.29, 1.82) is 0 Å². The van der Waals surface area contributed by atoms with Crippen molar-refractivity contribution in [3.63, 3.8) is 0 Å². The summed E-state index contributed by atoms with van der Waals surface area (Å²) < 4.78 is 32.4. The van der Waals surface area contributed by atoms with Crippen LogP contribution in [-0.4, -0.2) is 61.8 Å². The van der Waals surface area contributed by atoms with E-state index >= 15 is 0 Å². The van der Waals surface area contributed by atoms with Crippen LogP contribution in [0, 0.1) is 5.92 Å². The molecule has 0 bridgehead atoms. The fourth-order valence-corrected chi connectivity index (χ4v) is 5.74. The monoisotopic (exact) mass is 422 g/mol. The van der Waals surface area contributed by atoms with Crippen LogP contribution in [0.4, 0.5) is 0 Å². The molecule has 0 N–H and O–H groups in total. The third kappa shape index (κ3) is 5.17. The maximum Gasteiger partial charge on any atom is 0.338 e. The second kappa shape index (κ2) is 9.26. The Morgan fingerprint density at radius 3 is 2.41 bits per heavy atom. The molecular formula is C21H30N2O5S. The molecule has 2 aliphatic rings. The molecule has 0 radical (unpaired) electrons. The summed E-state index contributed by atoms with van der Waals surface area (Å²) in [6, 6.07) is 5.72. The molecule has 1 amide bonds. The number of esters is 1. The average molecular weight is 423 g/mol. The number of likely N-dealkylation sites (tertiary alicyclic amines) is 1. The van der Waals surface area contributed by atoms with Crippen LogP contribution >= 0.6 is 0 Å². The topological polar surface area (TPSA) is 84.0 Å². The van der Waals surface area contributed by atoms with Crippen LogP contribution < -0.4 is 0 Å². The Morgan fingerprint density at radius 1 is 1.03 bits per heavy atom. The number of rotatable bonds is 5. The van der Waals surface area contributed by atoms with Crippen LogP contribution in [-0.2, 0) is 19.6 Å². The number of carbonyl (C=O) groups is 2. The number of hydrogen-bond acceptors (Lipinski definition) is 5. The van der Waals surface area contributed by atoms with Gasteiger partial charge >= 0.3 is 5.97 Å². The van der Waals surface area contributed by atoms with Gasteiger partial charge in [-0.15, -0.1) is 0 Å². The van der Waals surface area contributed by atoms with Gasteiger partial charge in [-0.05, 0) is 62.8 Å². The molecule has 0 aliphatic carbocycles. The first-order chi connectivity index (χ1) is 13.8. The van der Waals surface area contributed by atoms with Gasteiger partial charge in [-0.25, -0.2) is 13.2 Å². The predicted molar refractivity (Wildman–Crippen MR) is 109 cm³/mol. The minimum Gasteiger partial charge on any atom is -0.452 e. The summed E-state index contributed by atoms with van der Waals surface area (Å²) in [5.41, 5.74) is 0.232. The predicted octanol–water partition coefficient (Wildman–Crippen LogP) is 2.67. The van der Waals surface area contributed by atoms with Gasteiger partial charge in [-0.3, -0.25) is 4.79 Å². The molecule has 0 aromatic heterocycles. The molecule has 160 valence electrons. The van der Waals surface area contributed by atoms with Gasteiger partial charge in [0.15, 0.2) is 6.61 Å². The molecular weight excluding hydrogens is 392 g/mol. The van der Waals surface area contributed by atoms with E-state index in [0.29, 0.717) is 25.6 Å². The molecule has 3 rings (SSSR count). The lowest BCUT2D eigenvalue weighted by Gasteiger charge is -2.32. The van der Waals surface area contributed by atoms with Crippen LogP contribution in [0.3, 0.4) is 0 Å². The minimum absolute atomic E-state index is 0.0260. The van der Waals surface area contributed by atoms with Crippen LogP contribution in [0.15, 0.2) is 29.2 Å². The van der Waals surface area contributed by atoms with E-state index in [-0.39, 0.29) is 29.0 Å². The molecule has 2 heterocycles. The van der Waals surface area contributed by atoms with Crippen molar-refractivity contribution in [2.45, 2.75) is 56.9 Å². The molecule has 2 aliphatic heterocycles. The Bertz CT molecular complexity index is 837. The molecule has 2 fully saturated rings. The zero-order valence-corrected chi connectivity index (χ0v) is 18.0. The highest BCUT2D eigenvalue weighted by Gasteiger charge is 2.31. The van der Waals surface area contributed by atoms with Crippen LogP contribution in [0.25, 0.3) is 0 Å². The van der Waals surface area contributed by atoms with E-state index in [1.54, 1.807) is 4.90 Å². The fourth-order valence-electron chi connectivity index (χ4n) is 4.05. The molecule has 0 saturated carbocycles. The maximum absolute atomic E-state index is 12.9. The smallest absolute Gasteiger partial charge is 0.338 e. The van der Waals surface area contributed by atoms with E-state index in [1.807, 2.05) is 6.92 Å². The lowest BCUT2D eigenvalue weighted by molar-refractivity contribution is -0.136. The Morgan fingerprint density at radius 2 is 1.76 bits per heavy atom. The van der Waals surface area contributed by atoms with Gasteiger partial charge < -0.3 is 9.64 Å². The minimum atomic E-state index is -3.58. The van der Waals surface area contributed by atoms with Crippen molar-refractivity contribution in [2.24, 2.45) is 5.92 Å². The van der Waals surface area contributed by atoms with E-state index in [4.69, 9.17) is 4.74 Å². The number of carbonyl (C=O) groups excluding carboxylic acids is 2. The quantitative estimate of drug-likeness (QED) is 0.681. The summed E-state index contributed by atoms with van der Waals surface area (Å²) in [7, 11) is -3.58. The summed E-state index contributed by atoms with van der Waals surface area (Å²) in [4.78, 5) is 26.4. The van der Waals surface area contributed by atoms with E-state index < -0.39 is 16.0 Å². The number of benzene rings is 1. The normalized spacial score (nSPS) is 23.6. The second-order valence-electron chi connectivity index (χ2n) is 8.15. The van der Waals surface area contributed by atoms with Crippen molar-refractivity contribution in [1.82, 2.24) is 9.21 Å². The van der Waals surface area contributed by atoms with E-state index in [0.717, 1.165) is 32.1 Å². The summed E-state index contributed by atoms with van der Waals surface area (Å²) in [5.74, 6) is -0.359. The number of amides is 1. The number of nitrogens with zero attached hydrogens (tertiary/aromatic N) is 2. The summed E-state index contributed by atoms with van der Waals surface area (Å²) >= 11 is 0. The molecule has 2 saturated heterocycles. The van der Waals surface area contributed by atoms with Gasteiger partial charge in [0.1, 0.15) is 0 Å². The number of sulfonamides is 1. The van der Waals surface area contributed by atoms with Gasteiger partial charge in [-0.1, -0.05) is 13.3 Å².